The standard InChI is InChI=1S/C11H22N2O/c1-2-13-6-5-9(8-13)11(14)7-12-10-3-4-10/h9-12,14H,2-8H2,1H3. The third-order valence-electron chi connectivity index (χ3n) is 3.49. The van der Waals surface area contributed by atoms with Crippen molar-refractivity contribution in [3.8, 4) is 0 Å². The fourth-order valence-corrected chi connectivity index (χ4v) is 2.21. The van der Waals surface area contributed by atoms with Crippen molar-refractivity contribution >= 4 is 0 Å². The lowest BCUT2D eigenvalue weighted by atomic mass is 10.0. The van der Waals surface area contributed by atoms with E-state index in [4.69, 9.17) is 0 Å². The zero-order valence-corrected chi connectivity index (χ0v) is 9.08. The molecule has 0 aromatic carbocycles. The molecule has 2 atom stereocenters. The van der Waals surface area contributed by atoms with Crippen LogP contribution in [0.4, 0.5) is 0 Å². The van der Waals surface area contributed by atoms with Gasteiger partial charge in [-0.05, 0) is 38.3 Å². The molecule has 1 aliphatic heterocycles. The summed E-state index contributed by atoms with van der Waals surface area (Å²) in [5.74, 6) is 0.501. The first kappa shape index (κ1) is 10.4. The summed E-state index contributed by atoms with van der Waals surface area (Å²) in [6.45, 7) is 6.37. The molecular formula is C11H22N2O. The maximum absolute atomic E-state index is 9.95. The molecule has 0 aromatic heterocycles. The van der Waals surface area contributed by atoms with Crippen molar-refractivity contribution in [2.24, 2.45) is 5.92 Å². The fourth-order valence-electron chi connectivity index (χ4n) is 2.21. The van der Waals surface area contributed by atoms with Crippen LogP contribution in [0.25, 0.3) is 0 Å². The molecular weight excluding hydrogens is 176 g/mol. The van der Waals surface area contributed by atoms with Crippen LogP contribution in [0.1, 0.15) is 26.2 Å². The molecule has 0 bridgehead atoms. The van der Waals surface area contributed by atoms with Gasteiger partial charge in [-0.1, -0.05) is 6.92 Å². The lowest BCUT2D eigenvalue weighted by Crippen LogP contribution is -2.35. The van der Waals surface area contributed by atoms with Crippen molar-refractivity contribution in [3.05, 3.63) is 0 Å². The van der Waals surface area contributed by atoms with E-state index in [0.29, 0.717) is 12.0 Å². The van der Waals surface area contributed by atoms with Crippen LogP contribution in [0.15, 0.2) is 0 Å². The van der Waals surface area contributed by atoms with Gasteiger partial charge in [0.25, 0.3) is 0 Å². The van der Waals surface area contributed by atoms with Crippen molar-refractivity contribution in [1.82, 2.24) is 10.2 Å². The normalized spacial score (nSPS) is 30.9. The first-order valence-electron chi connectivity index (χ1n) is 5.93. The van der Waals surface area contributed by atoms with Crippen molar-refractivity contribution in [1.29, 1.82) is 0 Å². The smallest absolute Gasteiger partial charge is 0.0705 e. The summed E-state index contributed by atoms with van der Waals surface area (Å²) in [6.07, 6.45) is 3.64. The van der Waals surface area contributed by atoms with Gasteiger partial charge in [0, 0.05) is 19.1 Å². The van der Waals surface area contributed by atoms with E-state index in [1.54, 1.807) is 0 Å². The van der Waals surface area contributed by atoms with Gasteiger partial charge in [-0.25, -0.2) is 0 Å². The molecule has 1 saturated heterocycles. The molecule has 82 valence electrons. The van der Waals surface area contributed by atoms with E-state index in [9.17, 15) is 5.11 Å². The Labute approximate surface area is 86.5 Å². The summed E-state index contributed by atoms with van der Waals surface area (Å²) in [7, 11) is 0. The van der Waals surface area contributed by atoms with E-state index in [0.717, 1.165) is 19.6 Å². The lowest BCUT2D eigenvalue weighted by Gasteiger charge is -2.19. The minimum absolute atomic E-state index is 0.132. The Morgan fingerprint density at radius 2 is 2.21 bits per heavy atom. The Balaban J connectivity index is 1.66. The number of aliphatic hydroxyl groups excluding tert-OH is 1. The monoisotopic (exact) mass is 198 g/mol. The van der Waals surface area contributed by atoms with E-state index in [2.05, 4.69) is 17.1 Å². The summed E-state index contributed by atoms with van der Waals surface area (Å²) < 4.78 is 0. The highest BCUT2D eigenvalue weighted by atomic mass is 16.3. The highest BCUT2D eigenvalue weighted by Crippen LogP contribution is 2.21. The second-order valence-electron chi connectivity index (χ2n) is 4.69. The molecule has 0 aromatic rings. The summed E-state index contributed by atoms with van der Waals surface area (Å²) in [6, 6.07) is 0.716. The van der Waals surface area contributed by atoms with Crippen LogP contribution < -0.4 is 5.32 Å². The third kappa shape index (κ3) is 2.69. The van der Waals surface area contributed by atoms with Crippen LogP contribution >= 0.6 is 0 Å². The van der Waals surface area contributed by atoms with Crippen molar-refractivity contribution < 1.29 is 5.11 Å². The molecule has 1 aliphatic carbocycles. The molecule has 0 spiro atoms. The highest BCUT2D eigenvalue weighted by Gasteiger charge is 2.29. The van der Waals surface area contributed by atoms with Crippen LogP contribution in [-0.2, 0) is 0 Å². The molecule has 2 fully saturated rings. The summed E-state index contributed by atoms with van der Waals surface area (Å²) in [4.78, 5) is 2.42. The molecule has 2 unspecified atom stereocenters. The van der Waals surface area contributed by atoms with Gasteiger partial charge in [-0.2, -0.15) is 0 Å². The number of aliphatic hydroxyl groups is 1. The van der Waals surface area contributed by atoms with Crippen molar-refractivity contribution in [3.63, 3.8) is 0 Å². The second kappa shape index (κ2) is 4.60. The number of rotatable bonds is 5. The number of nitrogens with one attached hydrogen (secondary N) is 1. The first-order valence-corrected chi connectivity index (χ1v) is 5.93. The van der Waals surface area contributed by atoms with Crippen LogP contribution in [0.3, 0.4) is 0 Å². The van der Waals surface area contributed by atoms with Gasteiger partial charge in [0.15, 0.2) is 0 Å². The van der Waals surface area contributed by atoms with E-state index in [-0.39, 0.29) is 6.10 Å². The van der Waals surface area contributed by atoms with Gasteiger partial charge < -0.3 is 15.3 Å². The summed E-state index contributed by atoms with van der Waals surface area (Å²) >= 11 is 0. The van der Waals surface area contributed by atoms with Gasteiger partial charge in [0.1, 0.15) is 0 Å². The molecule has 1 saturated carbocycles. The third-order valence-corrected chi connectivity index (χ3v) is 3.49. The predicted molar refractivity (Wildman–Crippen MR) is 57.3 cm³/mol. The largest absolute Gasteiger partial charge is 0.391 e. The molecule has 3 heteroatoms. The van der Waals surface area contributed by atoms with Gasteiger partial charge >= 0.3 is 0 Å². The summed E-state index contributed by atoms with van der Waals surface area (Å²) in [5, 5.41) is 13.3. The van der Waals surface area contributed by atoms with Crippen LogP contribution in [-0.4, -0.2) is 48.3 Å². The Morgan fingerprint density at radius 1 is 1.43 bits per heavy atom. The van der Waals surface area contributed by atoms with Crippen molar-refractivity contribution in [2.45, 2.75) is 38.3 Å². The molecule has 0 amide bonds. The van der Waals surface area contributed by atoms with Gasteiger partial charge in [0.2, 0.25) is 0 Å². The maximum Gasteiger partial charge on any atom is 0.0705 e. The number of hydrogen-bond donors (Lipinski definition) is 2. The zero-order chi connectivity index (χ0) is 9.97. The maximum atomic E-state index is 9.95. The highest BCUT2D eigenvalue weighted by molar-refractivity contribution is 4.85. The Morgan fingerprint density at radius 3 is 2.79 bits per heavy atom. The van der Waals surface area contributed by atoms with Crippen LogP contribution in [0.5, 0.6) is 0 Å². The summed E-state index contributed by atoms with van der Waals surface area (Å²) in [5.41, 5.74) is 0. The Hall–Kier alpha value is -0.120. The minimum atomic E-state index is -0.132. The fraction of sp³-hybridized carbons (Fsp3) is 1.00. The van der Waals surface area contributed by atoms with E-state index < -0.39 is 0 Å². The van der Waals surface area contributed by atoms with Gasteiger partial charge in [0.05, 0.1) is 6.10 Å². The number of nitrogens with zero attached hydrogens (tertiary/aromatic N) is 1. The molecule has 2 N–H and O–H groups in total. The average Bonchev–Trinajstić information content (AvgIpc) is 2.90. The SMILES string of the molecule is CCN1CCC(C(O)CNC2CC2)C1. The molecule has 1 heterocycles. The van der Waals surface area contributed by atoms with Crippen LogP contribution in [0.2, 0.25) is 0 Å². The predicted octanol–water partition coefficient (Wildman–Crippen LogP) is 0.441. The Bertz CT molecular complexity index is 182. The van der Waals surface area contributed by atoms with Crippen molar-refractivity contribution in [2.75, 3.05) is 26.2 Å². The van der Waals surface area contributed by atoms with E-state index >= 15 is 0 Å². The number of likely N-dealkylation sites (tertiary alicyclic amines) is 1. The average molecular weight is 198 g/mol. The molecule has 2 aliphatic rings. The molecule has 3 nitrogen and oxygen atoms in total. The minimum Gasteiger partial charge on any atom is -0.391 e. The quantitative estimate of drug-likeness (QED) is 0.673. The topological polar surface area (TPSA) is 35.5 Å². The molecule has 0 radical (unpaired) electrons. The zero-order valence-electron chi connectivity index (χ0n) is 9.08. The van der Waals surface area contributed by atoms with E-state index in [1.807, 2.05) is 0 Å². The van der Waals surface area contributed by atoms with Gasteiger partial charge in [-0.3, -0.25) is 0 Å². The molecule has 14 heavy (non-hydrogen) atoms. The lowest BCUT2D eigenvalue weighted by molar-refractivity contribution is 0.109. The van der Waals surface area contributed by atoms with Gasteiger partial charge in [-0.15, -0.1) is 0 Å². The Kier molecular flexibility index (Phi) is 3.42. The second-order valence-corrected chi connectivity index (χ2v) is 4.69. The number of hydrogen-bond acceptors (Lipinski definition) is 3. The van der Waals surface area contributed by atoms with E-state index in [1.165, 1.54) is 25.8 Å². The first-order chi connectivity index (χ1) is 6.79. The van der Waals surface area contributed by atoms with Crippen LogP contribution in [0, 0.1) is 5.92 Å². The molecule has 2 rings (SSSR count).